The number of rotatable bonds is 9. The van der Waals surface area contributed by atoms with Gasteiger partial charge in [0.2, 0.25) is 5.89 Å². The van der Waals surface area contributed by atoms with Gasteiger partial charge in [-0.05, 0) is 55.8 Å². The average molecular weight is 479 g/mol. The Balaban J connectivity index is 1.44. The van der Waals surface area contributed by atoms with Crippen molar-refractivity contribution in [2.75, 3.05) is 13.2 Å². The number of oxazole rings is 1. The van der Waals surface area contributed by atoms with E-state index in [1.165, 1.54) is 0 Å². The van der Waals surface area contributed by atoms with Crippen LogP contribution in [0.5, 0.6) is 5.75 Å². The minimum Gasteiger partial charge on any atom is -0.493 e. The van der Waals surface area contributed by atoms with Gasteiger partial charge in [-0.2, -0.15) is 5.26 Å². The Morgan fingerprint density at radius 1 is 1.03 bits per heavy atom. The molecule has 4 rings (SSSR count). The lowest BCUT2D eigenvalue weighted by Gasteiger charge is -2.10. The molecule has 0 saturated heterocycles. The zero-order chi connectivity index (χ0) is 25.3. The molecule has 3 aromatic carbocycles. The number of esters is 1. The number of carbonyl (C=O) groups excluding carboxylic acids is 1. The Morgan fingerprint density at radius 2 is 1.75 bits per heavy atom. The average Bonchev–Trinajstić information content (AvgIpc) is 3.29. The highest BCUT2D eigenvalue weighted by Gasteiger charge is 2.17. The van der Waals surface area contributed by atoms with E-state index in [9.17, 15) is 10.1 Å². The van der Waals surface area contributed by atoms with Crippen LogP contribution in [0.3, 0.4) is 0 Å². The van der Waals surface area contributed by atoms with Crippen molar-refractivity contribution in [1.29, 1.82) is 5.26 Å². The first kappa shape index (κ1) is 24.5. The van der Waals surface area contributed by atoms with Crippen LogP contribution in [0, 0.1) is 18.3 Å². The van der Waals surface area contributed by atoms with Crippen LogP contribution in [0.1, 0.15) is 35.1 Å². The van der Waals surface area contributed by atoms with Crippen molar-refractivity contribution in [3.63, 3.8) is 0 Å². The van der Waals surface area contributed by atoms with E-state index in [1.54, 1.807) is 37.3 Å². The first-order valence-electron chi connectivity index (χ1n) is 11.7. The number of hydrogen-bond acceptors (Lipinski definition) is 6. The summed E-state index contributed by atoms with van der Waals surface area (Å²) in [6.45, 7) is 4.35. The molecule has 0 saturated carbocycles. The van der Waals surface area contributed by atoms with Gasteiger partial charge in [-0.3, -0.25) is 0 Å². The molecular formula is C30H26N2O4. The molecule has 4 aromatic rings. The predicted octanol–water partition coefficient (Wildman–Crippen LogP) is 6.25. The SMILES string of the molecule is CCOC(=O)C(=Cc1ccc(OCCc2nc(-c3ccccc3)oc2C)cc1)c1ccccc1C#N. The van der Waals surface area contributed by atoms with Crippen molar-refractivity contribution >= 4 is 17.6 Å². The standard InChI is InChI=1S/C30H26N2O4/c1-3-34-30(33)27(26-12-8-7-11-24(26)20-31)19-22-13-15-25(16-14-22)35-18-17-28-21(2)36-29(32-28)23-9-5-4-6-10-23/h4-16,19H,3,17-18H2,1-2H3. The highest BCUT2D eigenvalue weighted by Crippen LogP contribution is 2.25. The fraction of sp³-hybridized carbons (Fsp3) is 0.167. The number of hydrogen-bond donors (Lipinski definition) is 0. The molecule has 0 aliphatic carbocycles. The van der Waals surface area contributed by atoms with Crippen LogP contribution < -0.4 is 4.74 Å². The van der Waals surface area contributed by atoms with Gasteiger partial charge in [0.1, 0.15) is 11.5 Å². The third-order valence-corrected chi connectivity index (χ3v) is 5.55. The van der Waals surface area contributed by atoms with Gasteiger partial charge in [0.05, 0.1) is 36.1 Å². The van der Waals surface area contributed by atoms with Crippen molar-refractivity contribution in [3.05, 3.63) is 107 Å². The second kappa shape index (κ2) is 11.7. The minimum atomic E-state index is -0.474. The summed E-state index contributed by atoms with van der Waals surface area (Å²) in [6, 6.07) is 26.3. The number of nitriles is 1. The Hall–Kier alpha value is -4.63. The van der Waals surface area contributed by atoms with E-state index in [1.807, 2.05) is 61.5 Å². The molecule has 180 valence electrons. The third kappa shape index (κ3) is 5.89. The Labute approximate surface area is 210 Å². The van der Waals surface area contributed by atoms with Crippen LogP contribution in [0.25, 0.3) is 23.1 Å². The first-order valence-corrected chi connectivity index (χ1v) is 11.7. The summed E-state index contributed by atoms with van der Waals surface area (Å²) in [7, 11) is 0. The lowest BCUT2D eigenvalue weighted by molar-refractivity contribution is -0.136. The van der Waals surface area contributed by atoms with E-state index < -0.39 is 5.97 Å². The van der Waals surface area contributed by atoms with Gasteiger partial charge in [-0.1, -0.05) is 48.5 Å². The fourth-order valence-electron chi connectivity index (χ4n) is 3.73. The summed E-state index contributed by atoms with van der Waals surface area (Å²) in [5, 5.41) is 9.47. The molecule has 0 aliphatic heterocycles. The second-order valence-corrected chi connectivity index (χ2v) is 7.99. The topological polar surface area (TPSA) is 85.3 Å². The molecule has 6 heteroatoms. The number of aryl methyl sites for hydroxylation is 1. The van der Waals surface area contributed by atoms with Crippen LogP contribution in [-0.2, 0) is 16.0 Å². The fourth-order valence-corrected chi connectivity index (χ4v) is 3.73. The van der Waals surface area contributed by atoms with Crippen molar-refractivity contribution in [1.82, 2.24) is 4.98 Å². The van der Waals surface area contributed by atoms with E-state index in [0.717, 1.165) is 22.6 Å². The number of aromatic nitrogens is 1. The number of nitrogens with zero attached hydrogens (tertiary/aromatic N) is 2. The van der Waals surface area contributed by atoms with Crippen molar-refractivity contribution in [2.24, 2.45) is 0 Å². The monoisotopic (exact) mass is 478 g/mol. The summed E-state index contributed by atoms with van der Waals surface area (Å²) < 4.78 is 17.0. The zero-order valence-electron chi connectivity index (χ0n) is 20.2. The summed E-state index contributed by atoms with van der Waals surface area (Å²) in [5.74, 6) is 1.61. The molecule has 1 heterocycles. The number of ether oxygens (including phenoxy) is 2. The summed E-state index contributed by atoms with van der Waals surface area (Å²) in [4.78, 5) is 17.3. The lowest BCUT2D eigenvalue weighted by Crippen LogP contribution is -2.08. The highest BCUT2D eigenvalue weighted by molar-refractivity contribution is 6.22. The van der Waals surface area contributed by atoms with Gasteiger partial charge < -0.3 is 13.9 Å². The quantitative estimate of drug-likeness (QED) is 0.161. The van der Waals surface area contributed by atoms with Gasteiger partial charge in [0.15, 0.2) is 0 Å². The molecule has 36 heavy (non-hydrogen) atoms. The van der Waals surface area contributed by atoms with Crippen LogP contribution in [-0.4, -0.2) is 24.2 Å². The van der Waals surface area contributed by atoms with Crippen molar-refractivity contribution in [2.45, 2.75) is 20.3 Å². The molecule has 0 spiro atoms. The second-order valence-electron chi connectivity index (χ2n) is 7.99. The molecule has 0 aliphatic rings. The maximum Gasteiger partial charge on any atom is 0.338 e. The summed E-state index contributed by atoms with van der Waals surface area (Å²) >= 11 is 0. The van der Waals surface area contributed by atoms with Gasteiger partial charge in [-0.25, -0.2) is 9.78 Å². The van der Waals surface area contributed by atoms with E-state index in [0.29, 0.717) is 41.4 Å². The number of carbonyl (C=O) groups is 1. The maximum absolute atomic E-state index is 12.6. The highest BCUT2D eigenvalue weighted by atomic mass is 16.5. The molecule has 1 aromatic heterocycles. The van der Waals surface area contributed by atoms with Gasteiger partial charge in [0, 0.05) is 17.5 Å². The maximum atomic E-state index is 12.6. The van der Waals surface area contributed by atoms with Crippen molar-refractivity contribution in [3.8, 4) is 23.3 Å². The smallest absolute Gasteiger partial charge is 0.338 e. The van der Waals surface area contributed by atoms with Crippen molar-refractivity contribution < 1.29 is 18.7 Å². The predicted molar refractivity (Wildman–Crippen MR) is 138 cm³/mol. The molecule has 0 amide bonds. The molecule has 6 nitrogen and oxygen atoms in total. The Bertz CT molecular complexity index is 1400. The Kier molecular flexibility index (Phi) is 7.94. The largest absolute Gasteiger partial charge is 0.493 e. The van der Waals surface area contributed by atoms with Crippen LogP contribution >= 0.6 is 0 Å². The summed E-state index contributed by atoms with van der Waals surface area (Å²) in [6.07, 6.45) is 2.34. The molecule has 0 radical (unpaired) electrons. The van der Waals surface area contributed by atoms with E-state index >= 15 is 0 Å². The summed E-state index contributed by atoms with van der Waals surface area (Å²) in [5.41, 5.74) is 3.88. The minimum absolute atomic E-state index is 0.246. The number of benzene rings is 3. The lowest BCUT2D eigenvalue weighted by atomic mass is 9.98. The van der Waals surface area contributed by atoms with Gasteiger partial charge in [0.25, 0.3) is 0 Å². The molecular weight excluding hydrogens is 452 g/mol. The van der Waals surface area contributed by atoms with Crippen LogP contribution in [0.2, 0.25) is 0 Å². The normalized spacial score (nSPS) is 11.1. The van der Waals surface area contributed by atoms with E-state index in [2.05, 4.69) is 11.1 Å². The first-order chi connectivity index (χ1) is 17.6. The zero-order valence-corrected chi connectivity index (χ0v) is 20.2. The van der Waals surface area contributed by atoms with Gasteiger partial charge >= 0.3 is 5.97 Å². The molecule has 0 N–H and O–H groups in total. The van der Waals surface area contributed by atoms with E-state index in [4.69, 9.17) is 13.9 Å². The molecule has 0 atom stereocenters. The Morgan fingerprint density at radius 3 is 2.47 bits per heavy atom. The third-order valence-electron chi connectivity index (χ3n) is 5.55. The molecule has 0 unspecified atom stereocenters. The molecule has 0 bridgehead atoms. The van der Waals surface area contributed by atoms with Gasteiger partial charge in [-0.15, -0.1) is 0 Å². The van der Waals surface area contributed by atoms with Crippen LogP contribution in [0.4, 0.5) is 0 Å². The van der Waals surface area contributed by atoms with E-state index in [-0.39, 0.29) is 6.61 Å². The van der Waals surface area contributed by atoms with Crippen LogP contribution in [0.15, 0.2) is 83.3 Å². The molecule has 0 fully saturated rings.